The Morgan fingerprint density at radius 1 is 1.39 bits per heavy atom. The van der Waals surface area contributed by atoms with Gasteiger partial charge in [0.05, 0.1) is 11.5 Å². The van der Waals surface area contributed by atoms with E-state index in [-0.39, 0.29) is 10.6 Å². The number of nitrogens with zero attached hydrogens (tertiary/aromatic N) is 2. The van der Waals surface area contributed by atoms with Crippen LogP contribution in [-0.2, 0) is 13.1 Å². The van der Waals surface area contributed by atoms with E-state index >= 15 is 0 Å². The first-order chi connectivity index (χ1) is 8.61. The lowest BCUT2D eigenvalue weighted by molar-refractivity contribution is -0.385. The molecule has 1 aromatic carbocycles. The van der Waals surface area contributed by atoms with Crippen LogP contribution < -0.4 is 5.73 Å². The molecule has 0 bridgehead atoms. The first-order valence-electron chi connectivity index (χ1n) is 5.38. The molecule has 1 heterocycles. The Kier molecular flexibility index (Phi) is 3.78. The molecule has 0 saturated heterocycles. The van der Waals surface area contributed by atoms with Gasteiger partial charge in [0.15, 0.2) is 0 Å². The quantitative estimate of drug-likeness (QED) is 0.697. The predicted molar refractivity (Wildman–Crippen MR) is 72.2 cm³/mol. The maximum atomic E-state index is 11.0. The molecule has 0 aliphatic heterocycles. The van der Waals surface area contributed by atoms with Crippen LogP contribution in [-0.4, -0.2) is 9.49 Å². The maximum absolute atomic E-state index is 11.0. The zero-order valence-corrected chi connectivity index (χ0v) is 11.1. The molecule has 0 unspecified atom stereocenters. The SMILES string of the molecule is NCc1cccn1Cc1ccc(Br)cc1[N+](=O)[O-]. The topological polar surface area (TPSA) is 74.1 Å². The molecule has 2 aromatic rings. The molecule has 0 saturated carbocycles. The van der Waals surface area contributed by atoms with E-state index in [0.717, 1.165) is 5.69 Å². The van der Waals surface area contributed by atoms with E-state index in [1.807, 2.05) is 22.9 Å². The normalized spacial score (nSPS) is 10.6. The Morgan fingerprint density at radius 3 is 2.83 bits per heavy atom. The molecule has 0 fully saturated rings. The molecule has 0 amide bonds. The van der Waals surface area contributed by atoms with Crippen LogP contribution >= 0.6 is 15.9 Å². The van der Waals surface area contributed by atoms with Crippen molar-refractivity contribution in [3.63, 3.8) is 0 Å². The monoisotopic (exact) mass is 309 g/mol. The summed E-state index contributed by atoms with van der Waals surface area (Å²) in [4.78, 5) is 10.6. The van der Waals surface area contributed by atoms with Gasteiger partial charge < -0.3 is 10.3 Å². The first-order valence-corrected chi connectivity index (χ1v) is 6.18. The van der Waals surface area contributed by atoms with Crippen LogP contribution in [0.2, 0.25) is 0 Å². The summed E-state index contributed by atoms with van der Waals surface area (Å²) in [6.07, 6.45) is 1.87. The number of nitro benzene ring substituents is 1. The van der Waals surface area contributed by atoms with Crippen LogP contribution in [0.5, 0.6) is 0 Å². The maximum Gasteiger partial charge on any atom is 0.275 e. The van der Waals surface area contributed by atoms with Gasteiger partial charge in [-0.25, -0.2) is 0 Å². The van der Waals surface area contributed by atoms with Crippen molar-refractivity contribution < 1.29 is 4.92 Å². The third kappa shape index (κ3) is 2.60. The first kappa shape index (κ1) is 12.8. The Morgan fingerprint density at radius 2 is 2.17 bits per heavy atom. The molecule has 2 rings (SSSR count). The van der Waals surface area contributed by atoms with Crippen LogP contribution in [0, 0.1) is 10.1 Å². The second-order valence-corrected chi connectivity index (χ2v) is 4.78. The van der Waals surface area contributed by atoms with E-state index < -0.39 is 0 Å². The van der Waals surface area contributed by atoms with Gasteiger partial charge in [0.2, 0.25) is 0 Å². The van der Waals surface area contributed by atoms with Crippen molar-refractivity contribution in [3.05, 3.63) is 62.4 Å². The second-order valence-electron chi connectivity index (χ2n) is 3.86. The number of aromatic nitrogens is 1. The van der Waals surface area contributed by atoms with Crippen LogP contribution in [0.15, 0.2) is 41.0 Å². The number of hydrogen-bond acceptors (Lipinski definition) is 3. The summed E-state index contributed by atoms with van der Waals surface area (Å²) >= 11 is 3.24. The summed E-state index contributed by atoms with van der Waals surface area (Å²) in [6, 6.07) is 8.86. The summed E-state index contributed by atoms with van der Waals surface area (Å²) < 4.78 is 2.61. The fraction of sp³-hybridized carbons (Fsp3) is 0.167. The third-order valence-corrected chi connectivity index (χ3v) is 3.21. The summed E-state index contributed by atoms with van der Waals surface area (Å²) in [5.74, 6) is 0. The van der Waals surface area contributed by atoms with Gasteiger partial charge in [-0.05, 0) is 24.3 Å². The van der Waals surface area contributed by atoms with Gasteiger partial charge in [0.1, 0.15) is 0 Å². The third-order valence-electron chi connectivity index (χ3n) is 2.72. The molecule has 18 heavy (non-hydrogen) atoms. The molecule has 94 valence electrons. The lowest BCUT2D eigenvalue weighted by atomic mass is 10.2. The molecule has 2 N–H and O–H groups in total. The zero-order valence-electron chi connectivity index (χ0n) is 9.54. The molecular weight excluding hydrogens is 298 g/mol. The van der Waals surface area contributed by atoms with Gasteiger partial charge in [-0.3, -0.25) is 10.1 Å². The zero-order chi connectivity index (χ0) is 13.1. The molecule has 0 spiro atoms. The summed E-state index contributed by atoms with van der Waals surface area (Å²) in [5.41, 5.74) is 7.33. The average molecular weight is 310 g/mol. The van der Waals surface area contributed by atoms with Gasteiger partial charge in [0, 0.05) is 34.5 Å². The van der Waals surface area contributed by atoms with Crippen LogP contribution in [0.1, 0.15) is 11.3 Å². The molecule has 0 aliphatic carbocycles. The van der Waals surface area contributed by atoms with E-state index in [0.29, 0.717) is 23.1 Å². The number of nitro groups is 1. The van der Waals surface area contributed by atoms with Crippen molar-refractivity contribution in [1.82, 2.24) is 4.57 Å². The lowest BCUT2D eigenvalue weighted by Gasteiger charge is -2.08. The van der Waals surface area contributed by atoms with Crippen LogP contribution in [0.3, 0.4) is 0 Å². The summed E-state index contributed by atoms with van der Waals surface area (Å²) in [6.45, 7) is 0.862. The highest BCUT2D eigenvalue weighted by Gasteiger charge is 2.14. The minimum Gasteiger partial charge on any atom is -0.346 e. The van der Waals surface area contributed by atoms with Gasteiger partial charge in [-0.15, -0.1) is 0 Å². The molecular formula is C12H12BrN3O2. The Bertz CT molecular complexity index is 580. The number of nitrogens with two attached hydrogens (primary N) is 1. The smallest absolute Gasteiger partial charge is 0.275 e. The average Bonchev–Trinajstić information content (AvgIpc) is 2.78. The molecule has 0 atom stereocenters. The van der Waals surface area contributed by atoms with Crippen molar-refractivity contribution in [3.8, 4) is 0 Å². The molecule has 0 radical (unpaired) electrons. The lowest BCUT2D eigenvalue weighted by Crippen LogP contribution is -2.08. The van der Waals surface area contributed by atoms with E-state index in [1.165, 1.54) is 6.07 Å². The molecule has 6 heteroatoms. The van der Waals surface area contributed by atoms with Gasteiger partial charge in [-0.2, -0.15) is 0 Å². The minimum atomic E-state index is -0.369. The number of benzene rings is 1. The highest BCUT2D eigenvalue weighted by atomic mass is 79.9. The molecule has 0 aliphatic rings. The fourth-order valence-electron chi connectivity index (χ4n) is 1.81. The fourth-order valence-corrected chi connectivity index (χ4v) is 2.16. The van der Waals surface area contributed by atoms with Crippen molar-refractivity contribution in [2.24, 2.45) is 5.73 Å². The van der Waals surface area contributed by atoms with Crippen molar-refractivity contribution in [2.75, 3.05) is 0 Å². The Hall–Kier alpha value is -1.66. The number of hydrogen-bond donors (Lipinski definition) is 1. The number of rotatable bonds is 4. The van der Waals surface area contributed by atoms with E-state index in [2.05, 4.69) is 15.9 Å². The van der Waals surface area contributed by atoms with Crippen molar-refractivity contribution >= 4 is 21.6 Å². The van der Waals surface area contributed by atoms with E-state index in [1.54, 1.807) is 12.1 Å². The van der Waals surface area contributed by atoms with E-state index in [9.17, 15) is 10.1 Å². The van der Waals surface area contributed by atoms with Crippen LogP contribution in [0.25, 0.3) is 0 Å². The van der Waals surface area contributed by atoms with Gasteiger partial charge in [-0.1, -0.05) is 15.9 Å². The second kappa shape index (κ2) is 5.32. The Labute approximate surface area is 112 Å². The van der Waals surface area contributed by atoms with Gasteiger partial charge in [0.25, 0.3) is 5.69 Å². The number of halogens is 1. The van der Waals surface area contributed by atoms with E-state index in [4.69, 9.17) is 5.73 Å². The largest absolute Gasteiger partial charge is 0.346 e. The molecule has 1 aromatic heterocycles. The van der Waals surface area contributed by atoms with Gasteiger partial charge >= 0.3 is 0 Å². The summed E-state index contributed by atoms with van der Waals surface area (Å²) in [7, 11) is 0. The highest BCUT2D eigenvalue weighted by Crippen LogP contribution is 2.24. The van der Waals surface area contributed by atoms with Crippen molar-refractivity contribution in [1.29, 1.82) is 0 Å². The summed E-state index contributed by atoms with van der Waals surface area (Å²) in [5, 5.41) is 11.0. The Balaban J connectivity index is 2.37. The highest BCUT2D eigenvalue weighted by molar-refractivity contribution is 9.10. The molecule has 5 nitrogen and oxygen atoms in total. The standard InChI is InChI=1S/C12H12BrN3O2/c13-10-4-3-9(12(6-10)16(17)18)8-15-5-1-2-11(15)7-14/h1-6H,7-8,14H2. The predicted octanol–water partition coefficient (Wildman–Crippen LogP) is 2.67. The van der Waals surface area contributed by atoms with Crippen LogP contribution in [0.4, 0.5) is 5.69 Å². The minimum absolute atomic E-state index is 0.112. The van der Waals surface area contributed by atoms with Crippen molar-refractivity contribution in [2.45, 2.75) is 13.1 Å².